The van der Waals surface area contributed by atoms with E-state index in [9.17, 15) is 0 Å². The monoisotopic (exact) mass is 387 g/mol. The maximum Gasteiger partial charge on any atom is 0.0712 e. The van der Waals surface area contributed by atoms with Crippen molar-refractivity contribution in [3.05, 3.63) is 66.2 Å². The van der Waals surface area contributed by atoms with Crippen molar-refractivity contribution in [1.82, 2.24) is 14.8 Å². The molecule has 1 fully saturated rings. The summed E-state index contributed by atoms with van der Waals surface area (Å²) in [6.07, 6.45) is 3.68. The van der Waals surface area contributed by atoms with E-state index in [1.807, 2.05) is 0 Å². The number of piperidine rings is 1. The number of benzene rings is 2. The molecule has 0 bridgehead atoms. The molecule has 152 valence electrons. The molecule has 3 nitrogen and oxygen atoms in total. The van der Waals surface area contributed by atoms with Crippen molar-refractivity contribution >= 4 is 10.9 Å². The van der Waals surface area contributed by atoms with Crippen LogP contribution in [0.3, 0.4) is 0 Å². The standard InChI is InChI=1S/C26H33N3/c1-3-29(4-2)23-15-18-28(19-16-23)17-14-22-20-26(21-10-6-5-7-11-21)27-25-13-9-8-12-24(22)25/h5-13,20,23H,3-4,14-19H2,1-2H3. The van der Waals surface area contributed by atoms with Gasteiger partial charge in [0.15, 0.2) is 0 Å². The Morgan fingerprint density at radius 2 is 1.62 bits per heavy atom. The summed E-state index contributed by atoms with van der Waals surface area (Å²) in [5.74, 6) is 0. The van der Waals surface area contributed by atoms with Crippen LogP contribution in [-0.2, 0) is 6.42 Å². The minimum absolute atomic E-state index is 0.771. The number of likely N-dealkylation sites (tertiary alicyclic amines) is 1. The van der Waals surface area contributed by atoms with Gasteiger partial charge in [-0.3, -0.25) is 0 Å². The van der Waals surface area contributed by atoms with Crippen LogP contribution in [0.5, 0.6) is 0 Å². The maximum absolute atomic E-state index is 4.93. The highest BCUT2D eigenvalue weighted by Gasteiger charge is 2.22. The molecule has 29 heavy (non-hydrogen) atoms. The number of para-hydroxylation sites is 1. The van der Waals surface area contributed by atoms with Gasteiger partial charge in [-0.2, -0.15) is 0 Å². The molecule has 2 aromatic carbocycles. The Hall–Kier alpha value is -2.23. The van der Waals surface area contributed by atoms with Gasteiger partial charge in [0.25, 0.3) is 0 Å². The van der Waals surface area contributed by atoms with Crippen LogP contribution in [0, 0.1) is 0 Å². The van der Waals surface area contributed by atoms with Crippen LogP contribution in [-0.4, -0.2) is 53.5 Å². The third-order valence-corrected chi connectivity index (χ3v) is 6.45. The Kier molecular flexibility index (Phi) is 6.58. The molecule has 1 aliphatic heterocycles. The average molecular weight is 388 g/mol. The summed E-state index contributed by atoms with van der Waals surface area (Å²) in [5.41, 5.74) is 4.79. The molecule has 0 aliphatic carbocycles. The second-order valence-corrected chi connectivity index (χ2v) is 8.09. The summed E-state index contributed by atoms with van der Waals surface area (Å²) < 4.78 is 0. The van der Waals surface area contributed by atoms with E-state index < -0.39 is 0 Å². The van der Waals surface area contributed by atoms with E-state index in [1.165, 1.54) is 55.5 Å². The Bertz CT molecular complexity index is 910. The lowest BCUT2D eigenvalue weighted by Gasteiger charge is -2.37. The summed E-state index contributed by atoms with van der Waals surface area (Å²) in [6.45, 7) is 10.5. The molecular formula is C26H33N3. The average Bonchev–Trinajstić information content (AvgIpc) is 2.79. The number of nitrogens with zero attached hydrogens (tertiary/aromatic N) is 3. The number of rotatable bonds is 7. The van der Waals surface area contributed by atoms with Crippen molar-refractivity contribution in [2.75, 3.05) is 32.7 Å². The van der Waals surface area contributed by atoms with Crippen LogP contribution in [0.1, 0.15) is 32.3 Å². The fourth-order valence-corrected chi connectivity index (χ4v) is 4.74. The Morgan fingerprint density at radius 1 is 0.931 bits per heavy atom. The molecule has 3 aromatic rings. The third kappa shape index (κ3) is 4.68. The predicted molar refractivity (Wildman–Crippen MR) is 123 cm³/mol. The number of fused-ring (bicyclic) bond motifs is 1. The molecule has 0 radical (unpaired) electrons. The van der Waals surface area contributed by atoms with Crippen LogP contribution in [0.2, 0.25) is 0 Å². The van der Waals surface area contributed by atoms with Crippen LogP contribution < -0.4 is 0 Å². The number of hydrogen-bond donors (Lipinski definition) is 0. The first-order valence-electron chi connectivity index (χ1n) is 11.2. The Balaban J connectivity index is 1.48. The van der Waals surface area contributed by atoms with Crippen LogP contribution in [0.15, 0.2) is 60.7 Å². The first-order chi connectivity index (χ1) is 14.3. The quantitative estimate of drug-likeness (QED) is 0.552. The van der Waals surface area contributed by atoms with E-state index in [4.69, 9.17) is 4.98 Å². The van der Waals surface area contributed by atoms with Crippen molar-refractivity contribution in [2.45, 2.75) is 39.2 Å². The highest BCUT2D eigenvalue weighted by Crippen LogP contribution is 2.26. The van der Waals surface area contributed by atoms with Gasteiger partial charge in [0, 0.05) is 23.5 Å². The zero-order chi connectivity index (χ0) is 20.1. The van der Waals surface area contributed by atoms with Crippen molar-refractivity contribution < 1.29 is 0 Å². The van der Waals surface area contributed by atoms with Crippen LogP contribution >= 0.6 is 0 Å². The van der Waals surface area contributed by atoms with Crippen molar-refractivity contribution in [3.63, 3.8) is 0 Å². The Labute approximate surface area is 175 Å². The second kappa shape index (κ2) is 9.51. The van der Waals surface area contributed by atoms with E-state index in [0.29, 0.717) is 0 Å². The van der Waals surface area contributed by atoms with Crippen molar-refractivity contribution in [3.8, 4) is 11.3 Å². The van der Waals surface area contributed by atoms with Gasteiger partial charge in [-0.15, -0.1) is 0 Å². The van der Waals surface area contributed by atoms with E-state index >= 15 is 0 Å². The molecule has 0 N–H and O–H groups in total. The van der Waals surface area contributed by atoms with Crippen LogP contribution in [0.4, 0.5) is 0 Å². The molecule has 0 spiro atoms. The minimum Gasteiger partial charge on any atom is -0.303 e. The molecule has 0 saturated carbocycles. The van der Waals surface area contributed by atoms with Gasteiger partial charge in [-0.25, -0.2) is 4.98 Å². The third-order valence-electron chi connectivity index (χ3n) is 6.45. The molecule has 0 amide bonds. The molecule has 2 heterocycles. The number of aromatic nitrogens is 1. The lowest BCUT2D eigenvalue weighted by Crippen LogP contribution is -2.45. The smallest absolute Gasteiger partial charge is 0.0712 e. The van der Waals surface area contributed by atoms with Gasteiger partial charge in [-0.05, 0) is 63.1 Å². The first kappa shape index (κ1) is 20.1. The highest BCUT2D eigenvalue weighted by molar-refractivity contribution is 5.85. The van der Waals surface area contributed by atoms with Gasteiger partial charge in [0.2, 0.25) is 0 Å². The number of hydrogen-bond acceptors (Lipinski definition) is 3. The molecule has 1 saturated heterocycles. The fourth-order valence-electron chi connectivity index (χ4n) is 4.74. The molecule has 0 atom stereocenters. The minimum atomic E-state index is 0.771. The van der Waals surface area contributed by atoms with Gasteiger partial charge in [0.05, 0.1) is 11.2 Å². The highest BCUT2D eigenvalue weighted by atomic mass is 15.2. The van der Waals surface area contributed by atoms with Crippen molar-refractivity contribution in [2.24, 2.45) is 0 Å². The second-order valence-electron chi connectivity index (χ2n) is 8.09. The Morgan fingerprint density at radius 3 is 2.34 bits per heavy atom. The molecule has 4 rings (SSSR count). The molecular weight excluding hydrogens is 354 g/mol. The fraction of sp³-hybridized carbons (Fsp3) is 0.423. The largest absolute Gasteiger partial charge is 0.303 e. The lowest BCUT2D eigenvalue weighted by atomic mass is 10.00. The zero-order valence-electron chi connectivity index (χ0n) is 17.8. The molecule has 1 aromatic heterocycles. The zero-order valence-corrected chi connectivity index (χ0v) is 17.8. The van der Waals surface area contributed by atoms with E-state index in [0.717, 1.165) is 30.2 Å². The molecule has 1 aliphatic rings. The van der Waals surface area contributed by atoms with Crippen LogP contribution in [0.25, 0.3) is 22.2 Å². The topological polar surface area (TPSA) is 19.4 Å². The summed E-state index contributed by atoms with van der Waals surface area (Å²) in [5, 5.41) is 1.30. The summed E-state index contributed by atoms with van der Waals surface area (Å²) in [4.78, 5) is 10.2. The van der Waals surface area contributed by atoms with Gasteiger partial charge < -0.3 is 9.80 Å². The van der Waals surface area contributed by atoms with E-state index in [1.54, 1.807) is 0 Å². The maximum atomic E-state index is 4.93. The van der Waals surface area contributed by atoms with Crippen molar-refractivity contribution in [1.29, 1.82) is 0 Å². The molecule has 0 unspecified atom stereocenters. The lowest BCUT2D eigenvalue weighted by molar-refractivity contribution is 0.117. The summed E-state index contributed by atoms with van der Waals surface area (Å²) in [7, 11) is 0. The molecule has 3 heteroatoms. The SMILES string of the molecule is CCN(CC)C1CCN(CCc2cc(-c3ccccc3)nc3ccccc23)CC1. The van der Waals surface area contributed by atoms with Gasteiger partial charge >= 0.3 is 0 Å². The van der Waals surface area contributed by atoms with Gasteiger partial charge in [0.1, 0.15) is 0 Å². The number of pyridine rings is 1. The summed E-state index contributed by atoms with van der Waals surface area (Å²) in [6, 6.07) is 22.2. The van der Waals surface area contributed by atoms with E-state index in [2.05, 4.69) is 84.3 Å². The summed E-state index contributed by atoms with van der Waals surface area (Å²) >= 11 is 0. The first-order valence-corrected chi connectivity index (χ1v) is 11.2. The normalized spacial score (nSPS) is 16.0. The predicted octanol–water partition coefficient (Wildman–Crippen LogP) is 5.25. The van der Waals surface area contributed by atoms with Gasteiger partial charge in [-0.1, -0.05) is 62.4 Å². The van der Waals surface area contributed by atoms with E-state index in [-0.39, 0.29) is 0 Å².